The van der Waals surface area contributed by atoms with Crippen molar-refractivity contribution in [3.05, 3.63) is 29.6 Å². The van der Waals surface area contributed by atoms with E-state index in [0.29, 0.717) is 11.8 Å². The molecular weight excluding hydrogens is 263 g/mol. The van der Waals surface area contributed by atoms with Crippen LogP contribution in [-0.2, 0) is 0 Å². The molecule has 1 aromatic carbocycles. The summed E-state index contributed by atoms with van der Waals surface area (Å²) in [6.07, 6.45) is 4.97. The lowest BCUT2D eigenvalue weighted by Gasteiger charge is -2.28. The maximum Gasteiger partial charge on any atom is 0.125 e. The lowest BCUT2D eigenvalue weighted by molar-refractivity contribution is 0.339. The van der Waals surface area contributed by atoms with Crippen LogP contribution < -0.4 is 5.32 Å². The first-order valence-electron chi connectivity index (χ1n) is 7.91. The van der Waals surface area contributed by atoms with Crippen LogP contribution in [0.5, 0.6) is 0 Å². The van der Waals surface area contributed by atoms with Gasteiger partial charge in [0.15, 0.2) is 0 Å². The predicted molar refractivity (Wildman–Crippen MR) is 84.5 cm³/mol. The number of aryl methyl sites for hydroxylation is 1. The summed E-state index contributed by atoms with van der Waals surface area (Å²) in [4.78, 5) is 0. The predicted octanol–water partition coefficient (Wildman–Crippen LogP) is 5.04. The van der Waals surface area contributed by atoms with Crippen molar-refractivity contribution in [1.82, 2.24) is 0 Å². The van der Waals surface area contributed by atoms with E-state index in [1.807, 2.05) is 13.0 Å². The minimum Gasteiger partial charge on any atom is -0.367 e. The van der Waals surface area contributed by atoms with Gasteiger partial charge in [-0.15, -0.1) is 0 Å². The first kappa shape index (κ1) is 15.8. The molecule has 2 atom stereocenters. The Bertz CT molecular complexity index is 512. The Morgan fingerprint density at radius 1 is 1.29 bits per heavy atom. The zero-order valence-electron chi connectivity index (χ0n) is 13.2. The number of nitrogens with zero attached hydrogens (tertiary/aromatic N) is 1. The SMILES string of the molecule is Cc1cc(F)cc(NC2(C#N)CCCC(C(C)C)CC2)c1. The Morgan fingerprint density at radius 3 is 2.67 bits per heavy atom. The van der Waals surface area contributed by atoms with Gasteiger partial charge in [-0.3, -0.25) is 0 Å². The van der Waals surface area contributed by atoms with Crippen LogP contribution >= 0.6 is 0 Å². The quantitative estimate of drug-likeness (QED) is 0.790. The van der Waals surface area contributed by atoms with Gasteiger partial charge in [-0.2, -0.15) is 5.26 Å². The van der Waals surface area contributed by atoms with Gasteiger partial charge in [-0.25, -0.2) is 4.39 Å². The van der Waals surface area contributed by atoms with Crippen LogP contribution in [0.15, 0.2) is 18.2 Å². The third-order valence-corrected chi connectivity index (χ3v) is 4.70. The molecule has 114 valence electrons. The van der Waals surface area contributed by atoms with Crippen LogP contribution in [-0.4, -0.2) is 5.54 Å². The van der Waals surface area contributed by atoms with Crippen molar-refractivity contribution in [1.29, 1.82) is 5.26 Å². The smallest absolute Gasteiger partial charge is 0.125 e. The second kappa shape index (κ2) is 6.47. The summed E-state index contributed by atoms with van der Waals surface area (Å²) < 4.78 is 13.5. The molecule has 1 aromatic rings. The van der Waals surface area contributed by atoms with Crippen molar-refractivity contribution in [2.45, 2.75) is 58.4 Å². The third kappa shape index (κ3) is 3.97. The number of nitriles is 1. The van der Waals surface area contributed by atoms with Gasteiger partial charge in [0.05, 0.1) is 6.07 Å². The highest BCUT2D eigenvalue weighted by Crippen LogP contribution is 2.36. The zero-order valence-corrected chi connectivity index (χ0v) is 13.2. The van der Waals surface area contributed by atoms with E-state index in [-0.39, 0.29) is 5.82 Å². The van der Waals surface area contributed by atoms with Crippen LogP contribution in [0.25, 0.3) is 0 Å². The van der Waals surface area contributed by atoms with Gasteiger partial charge in [-0.1, -0.05) is 20.3 Å². The lowest BCUT2D eigenvalue weighted by atomic mass is 9.87. The van der Waals surface area contributed by atoms with Gasteiger partial charge in [0.25, 0.3) is 0 Å². The molecule has 0 spiro atoms. The minimum atomic E-state index is -0.552. The maximum absolute atomic E-state index is 13.5. The second-order valence-corrected chi connectivity index (χ2v) is 6.77. The van der Waals surface area contributed by atoms with Crippen molar-refractivity contribution >= 4 is 5.69 Å². The molecule has 0 aromatic heterocycles. The molecule has 2 nitrogen and oxygen atoms in total. The summed E-state index contributed by atoms with van der Waals surface area (Å²) in [6, 6.07) is 7.37. The molecule has 0 bridgehead atoms. The fourth-order valence-electron chi connectivity index (χ4n) is 3.38. The van der Waals surface area contributed by atoms with Crippen molar-refractivity contribution in [3.63, 3.8) is 0 Å². The summed E-state index contributed by atoms with van der Waals surface area (Å²) in [7, 11) is 0. The van der Waals surface area contributed by atoms with E-state index in [9.17, 15) is 9.65 Å². The first-order chi connectivity index (χ1) is 9.94. The monoisotopic (exact) mass is 288 g/mol. The maximum atomic E-state index is 13.5. The number of hydrogen-bond donors (Lipinski definition) is 1. The Morgan fingerprint density at radius 2 is 2.05 bits per heavy atom. The molecular formula is C18H25FN2. The summed E-state index contributed by atoms with van der Waals surface area (Å²) in [5.41, 5.74) is 1.04. The fraction of sp³-hybridized carbons (Fsp3) is 0.611. The molecule has 1 N–H and O–H groups in total. The Labute approximate surface area is 127 Å². The fourth-order valence-corrected chi connectivity index (χ4v) is 3.38. The van der Waals surface area contributed by atoms with Gasteiger partial charge in [0.2, 0.25) is 0 Å². The molecule has 1 fully saturated rings. The van der Waals surface area contributed by atoms with Crippen molar-refractivity contribution in [2.24, 2.45) is 11.8 Å². The summed E-state index contributed by atoms with van der Waals surface area (Å²) in [5, 5.41) is 13.0. The molecule has 0 aliphatic heterocycles. The van der Waals surface area contributed by atoms with Crippen LogP contribution in [0.2, 0.25) is 0 Å². The lowest BCUT2D eigenvalue weighted by Crippen LogP contribution is -2.36. The minimum absolute atomic E-state index is 0.251. The van der Waals surface area contributed by atoms with E-state index in [1.165, 1.54) is 18.6 Å². The molecule has 3 heteroatoms. The summed E-state index contributed by atoms with van der Waals surface area (Å²) in [5.74, 6) is 1.10. The molecule has 21 heavy (non-hydrogen) atoms. The topological polar surface area (TPSA) is 35.8 Å². The van der Waals surface area contributed by atoms with Gasteiger partial charge < -0.3 is 5.32 Å². The number of anilines is 1. The average molecular weight is 288 g/mol. The Hall–Kier alpha value is -1.56. The normalized spacial score (nSPS) is 26.2. The van der Waals surface area contributed by atoms with E-state index in [4.69, 9.17) is 0 Å². The van der Waals surface area contributed by atoms with Crippen molar-refractivity contribution < 1.29 is 4.39 Å². The average Bonchev–Trinajstić information content (AvgIpc) is 2.61. The van der Waals surface area contributed by atoms with Crippen molar-refractivity contribution in [3.8, 4) is 6.07 Å². The van der Waals surface area contributed by atoms with E-state index in [0.717, 1.165) is 36.9 Å². The number of rotatable bonds is 3. The van der Waals surface area contributed by atoms with E-state index in [2.05, 4.69) is 25.2 Å². The van der Waals surface area contributed by atoms with Crippen LogP contribution in [0.4, 0.5) is 10.1 Å². The van der Waals surface area contributed by atoms with Gasteiger partial charge in [-0.05, 0) is 68.2 Å². The van der Waals surface area contributed by atoms with Crippen LogP contribution in [0.1, 0.15) is 51.5 Å². The molecule has 1 saturated carbocycles. The van der Waals surface area contributed by atoms with E-state index in [1.54, 1.807) is 0 Å². The molecule has 0 radical (unpaired) electrons. The molecule has 0 saturated heterocycles. The number of halogens is 1. The standard InChI is InChI=1S/C18H25FN2/c1-13(2)15-5-4-7-18(12-20,8-6-15)21-17-10-14(3)9-16(19)11-17/h9-11,13,15,21H,4-8H2,1-3H3. The molecule has 2 unspecified atom stereocenters. The molecule has 0 amide bonds. The molecule has 0 heterocycles. The summed E-state index contributed by atoms with van der Waals surface area (Å²) >= 11 is 0. The summed E-state index contributed by atoms with van der Waals surface area (Å²) in [6.45, 7) is 6.38. The third-order valence-electron chi connectivity index (χ3n) is 4.70. The van der Waals surface area contributed by atoms with Crippen LogP contribution in [0, 0.1) is 35.9 Å². The van der Waals surface area contributed by atoms with Crippen molar-refractivity contribution in [2.75, 3.05) is 5.32 Å². The van der Waals surface area contributed by atoms with Gasteiger partial charge in [0, 0.05) is 5.69 Å². The van der Waals surface area contributed by atoms with E-state index < -0.39 is 5.54 Å². The van der Waals surface area contributed by atoms with Gasteiger partial charge >= 0.3 is 0 Å². The number of nitrogens with one attached hydrogen (secondary N) is 1. The molecule has 1 aliphatic carbocycles. The first-order valence-corrected chi connectivity index (χ1v) is 7.91. The highest BCUT2D eigenvalue weighted by molar-refractivity contribution is 5.50. The number of benzene rings is 1. The number of hydrogen-bond acceptors (Lipinski definition) is 2. The van der Waals surface area contributed by atoms with E-state index >= 15 is 0 Å². The largest absolute Gasteiger partial charge is 0.367 e. The van der Waals surface area contributed by atoms with Gasteiger partial charge in [0.1, 0.15) is 11.4 Å². The Balaban J connectivity index is 2.16. The zero-order chi connectivity index (χ0) is 15.5. The molecule has 1 aliphatic rings. The second-order valence-electron chi connectivity index (χ2n) is 6.77. The highest BCUT2D eigenvalue weighted by atomic mass is 19.1. The highest BCUT2D eigenvalue weighted by Gasteiger charge is 2.34. The molecule has 2 rings (SSSR count). The Kier molecular flexibility index (Phi) is 4.88. The van der Waals surface area contributed by atoms with Crippen LogP contribution in [0.3, 0.4) is 0 Å².